The molecule has 0 bridgehead atoms. The number of Topliss-reactive ketones (excluding diaryl/α,β-unsaturated/α-hetero) is 1. The Hall–Kier alpha value is -2.37. The summed E-state index contributed by atoms with van der Waals surface area (Å²) in [5, 5.41) is 0. The van der Waals surface area contributed by atoms with Gasteiger partial charge in [-0.25, -0.2) is 0 Å². The van der Waals surface area contributed by atoms with Crippen molar-refractivity contribution in [2.45, 2.75) is 39.7 Å². The van der Waals surface area contributed by atoms with Crippen molar-refractivity contribution in [2.75, 3.05) is 18.1 Å². The zero-order valence-corrected chi connectivity index (χ0v) is 13.6. The van der Waals surface area contributed by atoms with Crippen molar-refractivity contribution >= 4 is 23.3 Å². The molecule has 1 aliphatic rings. The highest BCUT2D eigenvalue weighted by Gasteiger charge is 2.28. The van der Waals surface area contributed by atoms with Gasteiger partial charge in [0.15, 0.2) is 12.4 Å². The van der Waals surface area contributed by atoms with Crippen LogP contribution in [0.4, 0.5) is 5.69 Å². The molecule has 1 aliphatic heterocycles. The average molecular weight is 319 g/mol. The SMILES string of the molecule is CCOC(=O)CCC(=O)c1ccc2c(c1)N(C(C)C)C(=O)CO2. The number of nitrogens with zero attached hydrogens (tertiary/aromatic N) is 1. The predicted molar refractivity (Wildman–Crippen MR) is 84.8 cm³/mol. The van der Waals surface area contributed by atoms with E-state index in [-0.39, 0.29) is 43.2 Å². The first-order valence-electron chi connectivity index (χ1n) is 7.71. The van der Waals surface area contributed by atoms with Crippen molar-refractivity contribution in [3.8, 4) is 5.75 Å². The predicted octanol–water partition coefficient (Wildman–Crippen LogP) is 2.35. The van der Waals surface area contributed by atoms with Crippen LogP contribution < -0.4 is 9.64 Å². The number of esters is 1. The second kappa shape index (κ2) is 7.26. The second-order valence-corrected chi connectivity index (χ2v) is 5.56. The van der Waals surface area contributed by atoms with Gasteiger partial charge in [-0.15, -0.1) is 0 Å². The fourth-order valence-corrected chi connectivity index (χ4v) is 2.50. The lowest BCUT2D eigenvalue weighted by molar-refractivity contribution is -0.143. The summed E-state index contributed by atoms with van der Waals surface area (Å²) in [6.07, 6.45) is 0.126. The molecular formula is C17H21NO5. The summed E-state index contributed by atoms with van der Waals surface area (Å²) in [5.41, 5.74) is 1.05. The largest absolute Gasteiger partial charge is 0.482 e. The zero-order chi connectivity index (χ0) is 17.0. The van der Waals surface area contributed by atoms with E-state index in [0.717, 1.165) is 0 Å². The van der Waals surface area contributed by atoms with Crippen LogP contribution in [0.15, 0.2) is 18.2 Å². The normalized spacial score (nSPS) is 13.6. The Morgan fingerprint density at radius 1 is 1.30 bits per heavy atom. The van der Waals surface area contributed by atoms with Gasteiger partial charge in [0, 0.05) is 18.0 Å². The van der Waals surface area contributed by atoms with E-state index in [2.05, 4.69) is 0 Å². The molecule has 6 heteroatoms. The molecule has 0 aromatic heterocycles. The molecule has 124 valence electrons. The molecule has 0 aliphatic carbocycles. The number of ketones is 1. The number of rotatable bonds is 6. The highest BCUT2D eigenvalue weighted by Crippen LogP contribution is 2.34. The van der Waals surface area contributed by atoms with Gasteiger partial charge in [0.2, 0.25) is 0 Å². The van der Waals surface area contributed by atoms with Crippen molar-refractivity contribution in [1.82, 2.24) is 0 Å². The van der Waals surface area contributed by atoms with E-state index in [1.807, 2.05) is 13.8 Å². The molecule has 0 radical (unpaired) electrons. The molecule has 6 nitrogen and oxygen atoms in total. The van der Waals surface area contributed by atoms with E-state index in [1.54, 1.807) is 30.0 Å². The van der Waals surface area contributed by atoms with E-state index in [9.17, 15) is 14.4 Å². The first kappa shape index (κ1) is 17.0. The van der Waals surface area contributed by atoms with Crippen LogP contribution in [0, 0.1) is 0 Å². The van der Waals surface area contributed by atoms with Gasteiger partial charge >= 0.3 is 5.97 Å². The Kier molecular flexibility index (Phi) is 5.36. The van der Waals surface area contributed by atoms with Crippen LogP contribution in [0.1, 0.15) is 44.0 Å². The number of anilines is 1. The quantitative estimate of drug-likeness (QED) is 0.594. The van der Waals surface area contributed by atoms with Gasteiger partial charge in [-0.2, -0.15) is 0 Å². The maximum atomic E-state index is 12.2. The summed E-state index contributed by atoms with van der Waals surface area (Å²) < 4.78 is 10.2. The lowest BCUT2D eigenvalue weighted by atomic mass is 10.0. The van der Waals surface area contributed by atoms with E-state index >= 15 is 0 Å². The Balaban J connectivity index is 2.17. The lowest BCUT2D eigenvalue weighted by Crippen LogP contribution is -2.43. The summed E-state index contributed by atoms with van der Waals surface area (Å²) in [4.78, 5) is 37.2. The van der Waals surface area contributed by atoms with Gasteiger partial charge in [0.25, 0.3) is 5.91 Å². The smallest absolute Gasteiger partial charge is 0.306 e. The van der Waals surface area contributed by atoms with Crippen molar-refractivity contribution in [1.29, 1.82) is 0 Å². The summed E-state index contributed by atoms with van der Waals surface area (Å²) in [6.45, 7) is 5.83. The summed E-state index contributed by atoms with van der Waals surface area (Å²) in [6, 6.07) is 4.96. The number of carbonyl (C=O) groups excluding carboxylic acids is 3. The van der Waals surface area contributed by atoms with Gasteiger partial charge in [0.05, 0.1) is 18.7 Å². The fourth-order valence-electron chi connectivity index (χ4n) is 2.50. The van der Waals surface area contributed by atoms with Gasteiger partial charge in [0.1, 0.15) is 5.75 Å². The molecule has 0 unspecified atom stereocenters. The van der Waals surface area contributed by atoms with Crippen molar-refractivity contribution < 1.29 is 23.9 Å². The molecule has 1 aromatic rings. The van der Waals surface area contributed by atoms with Crippen LogP contribution >= 0.6 is 0 Å². The third-order valence-electron chi connectivity index (χ3n) is 3.54. The third-order valence-corrected chi connectivity index (χ3v) is 3.54. The van der Waals surface area contributed by atoms with Crippen LogP contribution in [0.5, 0.6) is 5.75 Å². The standard InChI is InChI=1S/C17H21NO5/c1-4-22-17(21)8-6-14(19)12-5-7-15-13(9-12)18(11(2)3)16(20)10-23-15/h5,7,9,11H,4,6,8,10H2,1-3H3. The Labute approximate surface area is 135 Å². The molecule has 0 N–H and O–H groups in total. The van der Waals surface area contributed by atoms with Crippen LogP contribution in [0.25, 0.3) is 0 Å². The molecule has 1 amide bonds. The van der Waals surface area contributed by atoms with E-state index in [1.165, 1.54) is 0 Å². The lowest BCUT2D eigenvalue weighted by Gasteiger charge is -2.32. The molecule has 0 spiro atoms. The first-order chi connectivity index (χ1) is 10.9. The Morgan fingerprint density at radius 2 is 2.04 bits per heavy atom. The number of hydrogen-bond acceptors (Lipinski definition) is 5. The van der Waals surface area contributed by atoms with Crippen molar-refractivity contribution in [3.05, 3.63) is 23.8 Å². The molecule has 0 saturated carbocycles. The average Bonchev–Trinajstić information content (AvgIpc) is 2.51. The minimum atomic E-state index is -0.388. The van der Waals surface area contributed by atoms with Crippen LogP contribution in [-0.4, -0.2) is 36.9 Å². The monoisotopic (exact) mass is 319 g/mol. The minimum absolute atomic E-state index is 0.00132. The van der Waals surface area contributed by atoms with Gasteiger partial charge in [-0.1, -0.05) is 0 Å². The number of benzene rings is 1. The van der Waals surface area contributed by atoms with E-state index in [0.29, 0.717) is 23.6 Å². The topological polar surface area (TPSA) is 72.9 Å². The summed E-state index contributed by atoms with van der Waals surface area (Å²) >= 11 is 0. The first-order valence-corrected chi connectivity index (χ1v) is 7.71. The van der Waals surface area contributed by atoms with Crippen LogP contribution in [-0.2, 0) is 14.3 Å². The number of carbonyl (C=O) groups is 3. The van der Waals surface area contributed by atoms with Gasteiger partial charge < -0.3 is 14.4 Å². The Bertz CT molecular complexity index is 623. The molecular weight excluding hydrogens is 298 g/mol. The fraction of sp³-hybridized carbons (Fsp3) is 0.471. The highest BCUT2D eigenvalue weighted by atomic mass is 16.5. The molecule has 23 heavy (non-hydrogen) atoms. The second-order valence-electron chi connectivity index (χ2n) is 5.56. The van der Waals surface area contributed by atoms with Gasteiger partial charge in [-0.05, 0) is 39.0 Å². The zero-order valence-electron chi connectivity index (χ0n) is 13.6. The third kappa shape index (κ3) is 3.88. The maximum absolute atomic E-state index is 12.2. The minimum Gasteiger partial charge on any atom is -0.482 e. The number of amides is 1. The molecule has 1 aromatic carbocycles. The maximum Gasteiger partial charge on any atom is 0.306 e. The molecule has 1 heterocycles. The molecule has 0 atom stereocenters. The molecule has 2 rings (SSSR count). The van der Waals surface area contributed by atoms with Crippen LogP contribution in [0.3, 0.4) is 0 Å². The Morgan fingerprint density at radius 3 is 2.70 bits per heavy atom. The molecule has 0 fully saturated rings. The number of hydrogen-bond donors (Lipinski definition) is 0. The summed E-state index contributed by atoms with van der Waals surface area (Å²) in [5.74, 6) is -0.104. The van der Waals surface area contributed by atoms with E-state index in [4.69, 9.17) is 9.47 Å². The van der Waals surface area contributed by atoms with Crippen LogP contribution in [0.2, 0.25) is 0 Å². The van der Waals surface area contributed by atoms with E-state index < -0.39 is 0 Å². The molecule has 0 saturated heterocycles. The van der Waals surface area contributed by atoms with Crippen molar-refractivity contribution in [3.63, 3.8) is 0 Å². The highest BCUT2D eigenvalue weighted by molar-refractivity contribution is 6.02. The summed E-state index contributed by atoms with van der Waals surface area (Å²) in [7, 11) is 0. The van der Waals surface area contributed by atoms with Gasteiger partial charge in [-0.3, -0.25) is 14.4 Å². The van der Waals surface area contributed by atoms with Crippen molar-refractivity contribution in [2.24, 2.45) is 0 Å². The number of ether oxygens (including phenoxy) is 2. The number of fused-ring (bicyclic) bond motifs is 1.